The van der Waals surface area contributed by atoms with Gasteiger partial charge in [-0.05, 0) is 92.8 Å². The monoisotopic (exact) mass is 794 g/mol. The Morgan fingerprint density at radius 2 is 0.967 bits per heavy atom. The Morgan fingerprint density at radius 3 is 1.77 bits per heavy atom. The van der Waals surface area contributed by atoms with E-state index < -0.39 is 0 Å². The van der Waals surface area contributed by atoms with Crippen molar-refractivity contribution in [1.82, 2.24) is 19.1 Å². The van der Waals surface area contributed by atoms with Gasteiger partial charge in [-0.25, -0.2) is 9.97 Å². The maximum Gasteiger partial charge on any atom is 0.236 e. The highest BCUT2D eigenvalue weighted by Crippen LogP contribution is 2.42. The summed E-state index contributed by atoms with van der Waals surface area (Å²) in [6.45, 7) is 0. The normalized spacial score (nSPS) is 11.9. The van der Waals surface area contributed by atoms with Gasteiger partial charge in [-0.1, -0.05) is 152 Å². The smallest absolute Gasteiger partial charge is 0.236 e. The third kappa shape index (κ3) is 5.31. The molecule has 0 radical (unpaired) electrons. The van der Waals surface area contributed by atoms with Gasteiger partial charge >= 0.3 is 0 Å². The second kappa shape index (κ2) is 13.3. The summed E-state index contributed by atoms with van der Waals surface area (Å²) >= 11 is 1.72. The Hall–Kier alpha value is -7.86. The molecule has 0 aliphatic heterocycles. The number of nitrogens with zero attached hydrogens (tertiary/aromatic N) is 4. The van der Waals surface area contributed by atoms with Crippen molar-refractivity contribution in [2.24, 2.45) is 0 Å². The number of benzene rings is 9. The first kappa shape index (κ1) is 34.0. The van der Waals surface area contributed by atoms with E-state index >= 15 is 0 Å². The number of hydrogen-bond donors (Lipinski definition) is 0. The molecule has 0 atom stereocenters. The van der Waals surface area contributed by atoms with Crippen LogP contribution in [-0.2, 0) is 0 Å². The van der Waals surface area contributed by atoms with Crippen LogP contribution in [0.25, 0.3) is 120 Å². The predicted octanol–water partition coefficient (Wildman–Crippen LogP) is 15.2. The minimum Gasteiger partial charge on any atom is -0.309 e. The van der Waals surface area contributed by atoms with Crippen LogP contribution in [0, 0.1) is 0 Å². The van der Waals surface area contributed by atoms with Crippen LogP contribution in [0.1, 0.15) is 0 Å². The highest BCUT2D eigenvalue weighted by atomic mass is 32.1. The van der Waals surface area contributed by atoms with Crippen molar-refractivity contribution in [2.45, 2.75) is 0 Å². The first-order chi connectivity index (χ1) is 30.2. The summed E-state index contributed by atoms with van der Waals surface area (Å²) in [5, 5.41) is 10.8. The number of hydrogen-bond acceptors (Lipinski definition) is 3. The first-order valence-corrected chi connectivity index (χ1v) is 21.5. The second-order valence-electron chi connectivity index (χ2n) is 15.8. The fraction of sp³-hybridized carbons (Fsp3) is 0. The Labute approximate surface area is 354 Å². The average Bonchev–Trinajstić information content (AvgIpc) is 4.01. The quantitative estimate of drug-likeness (QED) is 0.174. The molecular weight excluding hydrogens is 761 g/mol. The molecule has 0 N–H and O–H groups in total. The molecule has 0 aliphatic carbocycles. The zero-order chi connectivity index (χ0) is 40.0. The SMILES string of the molecule is c1ccc(-c2cc3c(-c4ccccc4)nc(-n4c5ccc(-c6ccc7c8c9ccccc9ccc8n(-c8ccccc8)c7c6)cc5c5cc6ccccc6cc54)nc3s2)cc1. The fourth-order valence-corrected chi connectivity index (χ4v) is 10.5. The maximum absolute atomic E-state index is 5.45. The van der Waals surface area contributed by atoms with E-state index in [1.165, 1.54) is 59.2 Å². The molecule has 9 aromatic carbocycles. The van der Waals surface area contributed by atoms with Crippen molar-refractivity contribution in [1.29, 1.82) is 0 Å². The molecule has 5 heteroatoms. The molecule has 0 amide bonds. The van der Waals surface area contributed by atoms with Gasteiger partial charge in [-0.2, -0.15) is 0 Å². The summed E-state index contributed by atoms with van der Waals surface area (Å²) in [6, 6.07) is 74.5. The van der Waals surface area contributed by atoms with Gasteiger partial charge in [0, 0.05) is 43.1 Å². The van der Waals surface area contributed by atoms with Crippen LogP contribution in [0.3, 0.4) is 0 Å². The maximum atomic E-state index is 5.45. The topological polar surface area (TPSA) is 35.6 Å². The molecule has 4 heterocycles. The lowest BCUT2D eigenvalue weighted by molar-refractivity contribution is 1.02. The summed E-state index contributed by atoms with van der Waals surface area (Å²) in [4.78, 5) is 13.0. The van der Waals surface area contributed by atoms with E-state index in [9.17, 15) is 0 Å². The lowest BCUT2D eigenvalue weighted by Gasteiger charge is -2.11. The van der Waals surface area contributed by atoms with Gasteiger partial charge in [-0.3, -0.25) is 4.57 Å². The molecule has 0 unspecified atom stereocenters. The molecule has 284 valence electrons. The van der Waals surface area contributed by atoms with E-state index in [0.717, 1.165) is 54.7 Å². The van der Waals surface area contributed by atoms with Gasteiger partial charge < -0.3 is 4.57 Å². The van der Waals surface area contributed by atoms with E-state index in [1.54, 1.807) is 11.3 Å². The van der Waals surface area contributed by atoms with Crippen molar-refractivity contribution in [3.8, 4) is 44.5 Å². The molecule has 0 bridgehead atoms. The van der Waals surface area contributed by atoms with Crippen LogP contribution in [0.15, 0.2) is 206 Å². The van der Waals surface area contributed by atoms with Crippen molar-refractivity contribution in [3.63, 3.8) is 0 Å². The summed E-state index contributed by atoms with van der Waals surface area (Å²) in [7, 11) is 0. The third-order valence-electron chi connectivity index (χ3n) is 12.3. The molecule has 4 aromatic heterocycles. The van der Waals surface area contributed by atoms with E-state index in [0.29, 0.717) is 5.95 Å². The van der Waals surface area contributed by atoms with Crippen LogP contribution in [-0.4, -0.2) is 19.1 Å². The first-order valence-electron chi connectivity index (χ1n) is 20.6. The van der Waals surface area contributed by atoms with Gasteiger partial charge in [0.15, 0.2) is 0 Å². The summed E-state index contributed by atoms with van der Waals surface area (Å²) < 4.78 is 4.69. The highest BCUT2D eigenvalue weighted by molar-refractivity contribution is 7.21. The van der Waals surface area contributed by atoms with Crippen LogP contribution in [0.2, 0.25) is 0 Å². The van der Waals surface area contributed by atoms with Gasteiger partial charge in [-0.15, -0.1) is 11.3 Å². The van der Waals surface area contributed by atoms with Gasteiger partial charge in [0.05, 0.1) is 27.8 Å². The van der Waals surface area contributed by atoms with Gasteiger partial charge in [0.1, 0.15) is 4.83 Å². The fourth-order valence-electron chi connectivity index (χ4n) is 9.49. The molecule has 13 aromatic rings. The summed E-state index contributed by atoms with van der Waals surface area (Å²) in [5.41, 5.74) is 11.2. The average molecular weight is 795 g/mol. The predicted molar refractivity (Wildman–Crippen MR) is 257 cm³/mol. The zero-order valence-corrected chi connectivity index (χ0v) is 33.6. The number of para-hydroxylation sites is 1. The molecule has 4 nitrogen and oxygen atoms in total. The molecule has 0 saturated carbocycles. The standard InChI is InChI=1S/C56H34N4S/c1-4-15-36(16-5-1)52-34-47-54(37-17-6-2-7-18-37)57-56(58-55(47)61-52)60-48-28-26-40(31-45(48)46-30-38-19-10-11-20-39(38)32-51(46)60)41-24-27-44-50(33-41)59(42-21-8-3-9-22-42)49-29-25-35-14-12-13-23-43(35)53(44)49/h1-34H. The lowest BCUT2D eigenvalue weighted by atomic mass is 9.99. The van der Waals surface area contributed by atoms with Crippen LogP contribution >= 0.6 is 11.3 Å². The van der Waals surface area contributed by atoms with Crippen molar-refractivity contribution in [2.75, 3.05) is 0 Å². The minimum absolute atomic E-state index is 0.664. The lowest BCUT2D eigenvalue weighted by Crippen LogP contribution is -2.02. The summed E-state index contributed by atoms with van der Waals surface area (Å²) in [5.74, 6) is 0.664. The number of aromatic nitrogens is 4. The van der Waals surface area contributed by atoms with Gasteiger partial charge in [0.2, 0.25) is 5.95 Å². The number of fused-ring (bicyclic) bond motifs is 10. The van der Waals surface area contributed by atoms with Gasteiger partial charge in [0.25, 0.3) is 0 Å². The van der Waals surface area contributed by atoms with Crippen LogP contribution in [0.5, 0.6) is 0 Å². The third-order valence-corrected chi connectivity index (χ3v) is 13.4. The second-order valence-corrected chi connectivity index (χ2v) is 16.8. The van der Waals surface area contributed by atoms with E-state index in [2.05, 4.69) is 215 Å². The molecular formula is C56H34N4S. The van der Waals surface area contributed by atoms with Crippen molar-refractivity contribution < 1.29 is 0 Å². The summed E-state index contributed by atoms with van der Waals surface area (Å²) in [6.07, 6.45) is 0. The highest BCUT2D eigenvalue weighted by Gasteiger charge is 2.21. The van der Waals surface area contributed by atoms with Crippen molar-refractivity contribution in [3.05, 3.63) is 206 Å². The van der Waals surface area contributed by atoms with Crippen LogP contribution < -0.4 is 0 Å². The van der Waals surface area contributed by atoms with E-state index in [-0.39, 0.29) is 0 Å². The van der Waals surface area contributed by atoms with Crippen LogP contribution in [0.4, 0.5) is 0 Å². The zero-order valence-electron chi connectivity index (χ0n) is 32.8. The molecule has 0 aliphatic rings. The van der Waals surface area contributed by atoms with E-state index in [1.807, 2.05) is 0 Å². The molecule has 0 spiro atoms. The molecule has 13 rings (SSSR count). The molecule has 61 heavy (non-hydrogen) atoms. The van der Waals surface area contributed by atoms with E-state index in [4.69, 9.17) is 9.97 Å². The molecule has 0 fully saturated rings. The Bertz CT molecular complexity index is 3860. The Morgan fingerprint density at radius 1 is 0.344 bits per heavy atom. The number of rotatable bonds is 5. The van der Waals surface area contributed by atoms with Crippen molar-refractivity contribution >= 4 is 86.7 Å². The Kier molecular flexibility index (Phi) is 7.44. The number of thiophene rings is 1. The molecule has 0 saturated heterocycles. The minimum atomic E-state index is 0.664. The largest absolute Gasteiger partial charge is 0.309 e. The Balaban J connectivity index is 1.06.